The van der Waals surface area contributed by atoms with Crippen LogP contribution >= 0.6 is 15.9 Å². The van der Waals surface area contributed by atoms with E-state index in [1.165, 1.54) is 31.3 Å². The molecule has 0 amide bonds. The monoisotopic (exact) mass is 368 g/mol. The van der Waals surface area contributed by atoms with Crippen LogP contribution in [-0.4, -0.2) is 27.2 Å². The highest BCUT2D eigenvalue weighted by Gasteiger charge is 2.59. The van der Waals surface area contributed by atoms with Gasteiger partial charge in [-0.3, -0.25) is 0 Å². The van der Waals surface area contributed by atoms with Crippen molar-refractivity contribution >= 4 is 15.9 Å². The van der Waals surface area contributed by atoms with Crippen LogP contribution in [-0.2, 0) is 0 Å². The lowest BCUT2D eigenvalue weighted by Crippen LogP contribution is -2.53. The van der Waals surface area contributed by atoms with Gasteiger partial charge in [-0.05, 0) is 73.5 Å². The summed E-state index contributed by atoms with van der Waals surface area (Å²) in [5, 5.41) is 21.0. The van der Waals surface area contributed by atoms with Crippen LogP contribution in [0.15, 0.2) is 11.6 Å². The second kappa shape index (κ2) is 5.07. The quantitative estimate of drug-likeness (QED) is 0.500. The molecule has 22 heavy (non-hydrogen) atoms. The third-order valence-electron chi connectivity index (χ3n) is 7.82. The molecule has 124 valence electrons. The second-order valence-electron chi connectivity index (χ2n) is 9.02. The molecule has 2 nitrogen and oxygen atoms in total. The van der Waals surface area contributed by atoms with Gasteiger partial charge in [-0.25, -0.2) is 0 Å². The van der Waals surface area contributed by atoms with Crippen LogP contribution in [0, 0.1) is 28.6 Å². The van der Waals surface area contributed by atoms with Gasteiger partial charge in [0.2, 0.25) is 0 Å². The molecule has 2 N–H and O–H groups in total. The molecule has 8 atom stereocenters. The van der Waals surface area contributed by atoms with Gasteiger partial charge in [0.05, 0.1) is 12.2 Å². The number of hydrogen-bond acceptors (Lipinski definition) is 2. The molecule has 0 aliphatic heterocycles. The molecule has 3 saturated carbocycles. The lowest BCUT2D eigenvalue weighted by atomic mass is 9.47. The van der Waals surface area contributed by atoms with E-state index in [-0.39, 0.29) is 17.6 Å². The van der Waals surface area contributed by atoms with Crippen LogP contribution in [0.1, 0.15) is 58.8 Å². The van der Waals surface area contributed by atoms with Gasteiger partial charge in [-0.15, -0.1) is 0 Å². The lowest BCUT2D eigenvalue weighted by Gasteiger charge is -2.58. The van der Waals surface area contributed by atoms with Crippen LogP contribution in [0.5, 0.6) is 0 Å². The van der Waals surface area contributed by atoms with Gasteiger partial charge >= 0.3 is 0 Å². The number of halogens is 1. The first-order valence-corrected chi connectivity index (χ1v) is 9.96. The van der Waals surface area contributed by atoms with Crippen LogP contribution in [0.2, 0.25) is 0 Å². The Labute approximate surface area is 142 Å². The van der Waals surface area contributed by atoms with Crippen LogP contribution in [0.3, 0.4) is 0 Å². The molecule has 0 heterocycles. The minimum atomic E-state index is -0.305. The summed E-state index contributed by atoms with van der Waals surface area (Å²) in [5.41, 5.74) is 1.97. The molecule has 3 fully saturated rings. The summed E-state index contributed by atoms with van der Waals surface area (Å²) in [5.74, 6) is 1.67. The number of rotatable bonds is 0. The van der Waals surface area contributed by atoms with Gasteiger partial charge < -0.3 is 10.2 Å². The molecule has 0 spiro atoms. The highest BCUT2D eigenvalue weighted by atomic mass is 79.9. The van der Waals surface area contributed by atoms with Crippen molar-refractivity contribution in [1.82, 2.24) is 0 Å². The number of hydrogen-bond donors (Lipinski definition) is 2. The second-order valence-corrected chi connectivity index (χ2v) is 10.3. The first kappa shape index (κ1) is 15.7. The first-order chi connectivity index (χ1) is 10.3. The summed E-state index contributed by atoms with van der Waals surface area (Å²) in [7, 11) is 0. The Morgan fingerprint density at radius 2 is 1.91 bits per heavy atom. The molecule has 4 aliphatic rings. The highest BCUT2D eigenvalue weighted by molar-refractivity contribution is 9.09. The average Bonchev–Trinajstić information content (AvgIpc) is 2.75. The highest BCUT2D eigenvalue weighted by Crippen LogP contribution is 2.65. The minimum Gasteiger partial charge on any atom is -0.393 e. The molecule has 0 aromatic carbocycles. The molecular formula is C19H29BrO2. The van der Waals surface area contributed by atoms with E-state index < -0.39 is 0 Å². The van der Waals surface area contributed by atoms with E-state index in [4.69, 9.17) is 0 Å². The van der Waals surface area contributed by atoms with E-state index in [0.29, 0.717) is 28.0 Å². The summed E-state index contributed by atoms with van der Waals surface area (Å²) < 4.78 is 0. The van der Waals surface area contributed by atoms with Crippen molar-refractivity contribution in [2.45, 2.75) is 75.8 Å². The Hall–Kier alpha value is 0.140. The van der Waals surface area contributed by atoms with Crippen LogP contribution < -0.4 is 0 Å². The standard InChI is InChI=1S/C19H29BrO2/c1-18-5-4-14-17(15(18)9-12(20)10-18)16(22)8-11-7-13(21)3-6-19(11,14)2/h8,12-17,21-22H,3-7,9-10H2,1-2H3/t12?,13?,14-,15+,16?,17-,18-,19+/m1/s1. The van der Waals surface area contributed by atoms with E-state index in [0.717, 1.165) is 19.3 Å². The van der Waals surface area contributed by atoms with Crippen LogP contribution in [0.25, 0.3) is 0 Å². The van der Waals surface area contributed by atoms with Crippen LogP contribution in [0.4, 0.5) is 0 Å². The van der Waals surface area contributed by atoms with Gasteiger partial charge in [0.25, 0.3) is 0 Å². The molecule has 4 aliphatic carbocycles. The fourth-order valence-electron chi connectivity index (χ4n) is 6.60. The predicted molar refractivity (Wildman–Crippen MR) is 91.8 cm³/mol. The van der Waals surface area contributed by atoms with Crippen molar-refractivity contribution in [2.24, 2.45) is 28.6 Å². The molecular weight excluding hydrogens is 340 g/mol. The average molecular weight is 369 g/mol. The third-order valence-corrected chi connectivity index (χ3v) is 8.52. The van der Waals surface area contributed by atoms with Gasteiger partial charge in [0.15, 0.2) is 0 Å². The Bertz CT molecular complexity index is 504. The molecule has 3 unspecified atom stereocenters. The zero-order valence-corrected chi connectivity index (χ0v) is 15.3. The van der Waals surface area contributed by atoms with E-state index >= 15 is 0 Å². The van der Waals surface area contributed by atoms with Gasteiger partial charge in [-0.2, -0.15) is 0 Å². The van der Waals surface area contributed by atoms with E-state index in [1.54, 1.807) is 0 Å². The summed E-state index contributed by atoms with van der Waals surface area (Å²) in [6.07, 6.45) is 9.46. The molecule has 0 bridgehead atoms. The summed E-state index contributed by atoms with van der Waals surface area (Å²) in [6, 6.07) is 0. The normalized spacial score (nSPS) is 57.6. The van der Waals surface area contributed by atoms with E-state index in [9.17, 15) is 10.2 Å². The zero-order valence-electron chi connectivity index (χ0n) is 13.8. The van der Waals surface area contributed by atoms with Gasteiger partial charge in [-0.1, -0.05) is 41.4 Å². The fraction of sp³-hybridized carbons (Fsp3) is 0.895. The topological polar surface area (TPSA) is 40.5 Å². The van der Waals surface area contributed by atoms with Gasteiger partial charge in [0, 0.05) is 4.83 Å². The Morgan fingerprint density at radius 1 is 1.14 bits per heavy atom. The number of alkyl halides is 1. The predicted octanol–water partition coefficient (Wildman–Crippen LogP) is 4.04. The largest absolute Gasteiger partial charge is 0.393 e. The van der Waals surface area contributed by atoms with Gasteiger partial charge in [0.1, 0.15) is 0 Å². The van der Waals surface area contributed by atoms with Crippen molar-refractivity contribution in [3.05, 3.63) is 11.6 Å². The lowest BCUT2D eigenvalue weighted by molar-refractivity contribution is -0.0825. The fourth-order valence-corrected chi connectivity index (χ4v) is 7.74. The maximum atomic E-state index is 10.9. The summed E-state index contributed by atoms with van der Waals surface area (Å²) in [4.78, 5) is 0.625. The smallest absolute Gasteiger partial charge is 0.0757 e. The summed E-state index contributed by atoms with van der Waals surface area (Å²) >= 11 is 3.86. The van der Waals surface area contributed by atoms with Crippen molar-refractivity contribution in [3.63, 3.8) is 0 Å². The SMILES string of the molecule is C[C@]12CC[C@@H]3[C@@H](C(O)C=C4CC(O)CC[C@@]43C)[C@@H]1CC(Br)C2. The molecule has 3 heteroatoms. The molecule has 0 radical (unpaired) electrons. The number of fused-ring (bicyclic) bond motifs is 5. The van der Waals surface area contributed by atoms with Crippen molar-refractivity contribution in [3.8, 4) is 0 Å². The van der Waals surface area contributed by atoms with E-state index in [1.807, 2.05) is 0 Å². The Kier molecular flexibility index (Phi) is 3.61. The third kappa shape index (κ3) is 2.11. The maximum Gasteiger partial charge on any atom is 0.0757 e. The molecule has 4 rings (SSSR count). The summed E-state index contributed by atoms with van der Waals surface area (Å²) in [6.45, 7) is 4.87. The van der Waals surface area contributed by atoms with Crippen molar-refractivity contribution in [2.75, 3.05) is 0 Å². The zero-order chi connectivity index (χ0) is 15.7. The number of aliphatic hydroxyl groups is 2. The first-order valence-electron chi connectivity index (χ1n) is 9.05. The minimum absolute atomic E-state index is 0.199. The van der Waals surface area contributed by atoms with Crippen molar-refractivity contribution in [1.29, 1.82) is 0 Å². The molecule has 0 saturated heterocycles. The van der Waals surface area contributed by atoms with Crippen molar-refractivity contribution < 1.29 is 10.2 Å². The Balaban J connectivity index is 1.73. The number of aliphatic hydroxyl groups excluding tert-OH is 2. The molecule has 0 aromatic heterocycles. The Morgan fingerprint density at radius 3 is 2.68 bits per heavy atom. The maximum absolute atomic E-state index is 10.9. The van der Waals surface area contributed by atoms with E-state index in [2.05, 4.69) is 35.9 Å². The molecule has 0 aromatic rings.